The van der Waals surface area contributed by atoms with Crippen molar-refractivity contribution >= 4 is 40.6 Å². The van der Waals surface area contributed by atoms with Crippen LogP contribution in [-0.2, 0) is 11.3 Å². The summed E-state index contributed by atoms with van der Waals surface area (Å²) in [7, 11) is 1.61. The number of carbonyl (C=O) groups is 2. The molecule has 1 N–H and O–H groups in total. The van der Waals surface area contributed by atoms with Gasteiger partial charge < -0.3 is 10.1 Å². The van der Waals surface area contributed by atoms with Gasteiger partial charge in [-0.25, -0.2) is 9.40 Å². The molecule has 45 heavy (non-hydrogen) atoms. The molecular weight excluding hydrogens is 612 g/mol. The predicted molar refractivity (Wildman–Crippen MR) is 172 cm³/mol. The van der Waals surface area contributed by atoms with Crippen LogP contribution in [0.4, 0.5) is 4.39 Å². The van der Waals surface area contributed by atoms with Gasteiger partial charge in [-0.05, 0) is 72.5 Å². The number of nitrogens with one attached hydrogen (secondary N) is 1. The van der Waals surface area contributed by atoms with Crippen molar-refractivity contribution in [3.05, 3.63) is 124 Å². The van der Waals surface area contributed by atoms with Crippen molar-refractivity contribution < 1.29 is 18.7 Å². The average molecular weight is 641 g/mol. The minimum absolute atomic E-state index is 0.0306. The van der Waals surface area contributed by atoms with Crippen molar-refractivity contribution in [3.8, 4) is 11.4 Å². The van der Waals surface area contributed by atoms with Gasteiger partial charge in [0.1, 0.15) is 11.6 Å². The van der Waals surface area contributed by atoms with Gasteiger partial charge in [0.2, 0.25) is 0 Å². The molecular formula is C33H29FN6O3S2. The summed E-state index contributed by atoms with van der Waals surface area (Å²) < 4.78 is 20.9. The first kappa shape index (κ1) is 30.2. The fraction of sp³-hybridized carbons (Fsp3) is 0.182. The number of hydrogen-bond acceptors (Lipinski definition) is 8. The van der Waals surface area contributed by atoms with E-state index < -0.39 is 0 Å². The van der Waals surface area contributed by atoms with E-state index in [0.29, 0.717) is 28.7 Å². The number of nitrogens with zero attached hydrogens (tertiary/aromatic N) is 5. The van der Waals surface area contributed by atoms with Crippen LogP contribution in [0.2, 0.25) is 0 Å². The summed E-state index contributed by atoms with van der Waals surface area (Å²) in [5, 5.41) is 20.3. The summed E-state index contributed by atoms with van der Waals surface area (Å²) in [5.41, 5.74) is 3.91. The lowest BCUT2D eigenvalue weighted by atomic mass is 10.0. The van der Waals surface area contributed by atoms with E-state index in [1.54, 1.807) is 52.3 Å². The van der Waals surface area contributed by atoms with Gasteiger partial charge in [-0.2, -0.15) is 5.10 Å². The zero-order valence-electron chi connectivity index (χ0n) is 24.5. The smallest absolute Gasteiger partial charge is 0.253 e. The molecule has 3 aromatic carbocycles. The number of aromatic nitrogens is 3. The Morgan fingerprint density at radius 3 is 2.56 bits per heavy atom. The van der Waals surface area contributed by atoms with Crippen molar-refractivity contribution in [1.82, 2.24) is 25.1 Å². The maximum atomic E-state index is 13.8. The van der Waals surface area contributed by atoms with Crippen molar-refractivity contribution in [2.75, 3.05) is 12.9 Å². The normalized spacial score (nSPS) is 14.3. The maximum absolute atomic E-state index is 13.8. The first-order valence-electron chi connectivity index (χ1n) is 14.1. The monoisotopic (exact) mass is 640 g/mol. The molecule has 0 bridgehead atoms. The van der Waals surface area contributed by atoms with Crippen molar-refractivity contribution in [2.45, 2.75) is 31.1 Å². The number of halogens is 1. The molecule has 5 aromatic rings. The van der Waals surface area contributed by atoms with Crippen LogP contribution in [0.1, 0.15) is 44.6 Å². The molecule has 228 valence electrons. The van der Waals surface area contributed by atoms with Gasteiger partial charge in [0.15, 0.2) is 11.0 Å². The fourth-order valence-corrected chi connectivity index (χ4v) is 6.56. The van der Waals surface area contributed by atoms with Crippen molar-refractivity contribution in [2.24, 2.45) is 5.10 Å². The van der Waals surface area contributed by atoms with Crippen LogP contribution >= 0.6 is 23.1 Å². The second-order valence-corrected chi connectivity index (χ2v) is 12.2. The third-order valence-electron chi connectivity index (χ3n) is 7.27. The van der Waals surface area contributed by atoms with Gasteiger partial charge in [0.25, 0.3) is 11.8 Å². The van der Waals surface area contributed by atoms with E-state index in [1.165, 1.54) is 23.9 Å². The summed E-state index contributed by atoms with van der Waals surface area (Å²) >= 11 is 2.79. The fourth-order valence-electron chi connectivity index (χ4n) is 5.02. The molecule has 0 spiro atoms. The van der Waals surface area contributed by atoms with Crippen LogP contribution in [0.25, 0.3) is 5.69 Å². The van der Waals surface area contributed by atoms with Gasteiger partial charge in [0, 0.05) is 17.7 Å². The van der Waals surface area contributed by atoms with E-state index in [-0.39, 0.29) is 36.0 Å². The van der Waals surface area contributed by atoms with Gasteiger partial charge in [-0.3, -0.25) is 14.2 Å². The number of aryl methyl sites for hydroxylation is 1. The zero-order valence-corrected chi connectivity index (χ0v) is 26.1. The summed E-state index contributed by atoms with van der Waals surface area (Å²) in [6.45, 7) is 1.99. The molecule has 12 heteroatoms. The second kappa shape index (κ2) is 13.4. The molecule has 1 atom stereocenters. The molecule has 0 saturated heterocycles. The standard InChI is InChI=1S/C33H29FN6O3S2/c1-21-5-3-6-23(17-21)32(42)35-19-30-36-37-33(39(30)25-12-10-24(34)11-13-25)45-20-31(41)40-28(22-8-14-26(43-2)15-9-22)18-27(38-40)29-7-4-16-44-29/h3-17,28H,18-20H2,1-2H3,(H,35,42). The molecule has 0 radical (unpaired) electrons. The van der Waals surface area contributed by atoms with E-state index in [9.17, 15) is 14.0 Å². The van der Waals surface area contributed by atoms with Crippen LogP contribution in [0.3, 0.4) is 0 Å². The molecule has 2 amide bonds. The number of thiophene rings is 1. The van der Waals surface area contributed by atoms with Gasteiger partial charge in [0.05, 0.1) is 36.0 Å². The Morgan fingerprint density at radius 2 is 1.84 bits per heavy atom. The second-order valence-electron chi connectivity index (χ2n) is 10.3. The van der Waals surface area contributed by atoms with E-state index in [4.69, 9.17) is 9.84 Å². The van der Waals surface area contributed by atoms with E-state index in [2.05, 4.69) is 15.5 Å². The van der Waals surface area contributed by atoms with Crippen LogP contribution in [-0.4, -0.2) is 50.2 Å². The number of hydrogen-bond donors (Lipinski definition) is 1. The first-order valence-corrected chi connectivity index (χ1v) is 16.0. The molecule has 0 aliphatic carbocycles. The molecule has 3 heterocycles. The molecule has 0 fully saturated rings. The van der Waals surface area contributed by atoms with E-state index in [0.717, 1.165) is 27.5 Å². The van der Waals surface area contributed by atoms with Gasteiger partial charge in [-0.15, -0.1) is 21.5 Å². The highest BCUT2D eigenvalue weighted by Gasteiger charge is 2.33. The highest BCUT2D eigenvalue weighted by Crippen LogP contribution is 2.35. The quantitative estimate of drug-likeness (QED) is 0.183. The minimum Gasteiger partial charge on any atom is -0.497 e. The van der Waals surface area contributed by atoms with Crippen LogP contribution < -0.4 is 10.1 Å². The summed E-state index contributed by atoms with van der Waals surface area (Å²) in [4.78, 5) is 27.6. The number of methoxy groups -OCH3 is 1. The number of amides is 2. The Morgan fingerprint density at radius 1 is 1.04 bits per heavy atom. The number of carbonyl (C=O) groups excluding carboxylic acids is 2. The van der Waals surface area contributed by atoms with Gasteiger partial charge >= 0.3 is 0 Å². The molecule has 1 aliphatic heterocycles. The third kappa shape index (κ3) is 6.81. The summed E-state index contributed by atoms with van der Waals surface area (Å²) in [6.07, 6.45) is 0.583. The lowest BCUT2D eigenvalue weighted by Gasteiger charge is -2.22. The Balaban J connectivity index is 1.23. The third-order valence-corrected chi connectivity index (χ3v) is 9.10. The van der Waals surface area contributed by atoms with Crippen LogP contribution in [0.15, 0.2) is 101 Å². The summed E-state index contributed by atoms with van der Waals surface area (Å²) in [5.74, 6) is 0.361. The molecule has 1 unspecified atom stereocenters. The maximum Gasteiger partial charge on any atom is 0.253 e. The number of thioether (sulfide) groups is 1. The van der Waals surface area contributed by atoms with Crippen LogP contribution in [0.5, 0.6) is 5.75 Å². The SMILES string of the molecule is COc1ccc(C2CC(c3cccs3)=NN2C(=O)CSc2nnc(CNC(=O)c3cccc(C)c3)n2-c2ccc(F)cc2)cc1. The topological polar surface area (TPSA) is 102 Å². The number of ether oxygens (including phenoxy) is 1. The van der Waals surface area contributed by atoms with E-state index in [1.807, 2.05) is 60.8 Å². The van der Waals surface area contributed by atoms with E-state index >= 15 is 0 Å². The number of benzene rings is 3. The predicted octanol–water partition coefficient (Wildman–Crippen LogP) is 6.18. The Hall–Kier alpha value is -4.81. The molecule has 9 nitrogen and oxygen atoms in total. The van der Waals surface area contributed by atoms with Crippen molar-refractivity contribution in [1.29, 1.82) is 0 Å². The molecule has 6 rings (SSSR count). The molecule has 0 saturated carbocycles. The summed E-state index contributed by atoms with van der Waals surface area (Å²) in [6, 6.07) is 24.5. The highest BCUT2D eigenvalue weighted by atomic mass is 32.2. The van der Waals surface area contributed by atoms with Crippen molar-refractivity contribution in [3.63, 3.8) is 0 Å². The number of rotatable bonds is 10. The molecule has 2 aromatic heterocycles. The minimum atomic E-state index is -0.386. The molecule has 1 aliphatic rings. The number of hydrazone groups is 1. The Labute approximate surface area is 267 Å². The zero-order chi connectivity index (χ0) is 31.3. The first-order chi connectivity index (χ1) is 21.9. The average Bonchev–Trinajstić information content (AvgIpc) is 3.83. The highest BCUT2D eigenvalue weighted by molar-refractivity contribution is 7.99. The largest absolute Gasteiger partial charge is 0.497 e. The lowest BCUT2D eigenvalue weighted by molar-refractivity contribution is -0.130. The Bertz CT molecular complexity index is 1840. The lowest BCUT2D eigenvalue weighted by Crippen LogP contribution is -2.28. The van der Waals surface area contributed by atoms with Gasteiger partial charge in [-0.1, -0.05) is 47.7 Å². The Kier molecular flexibility index (Phi) is 9.03. The van der Waals surface area contributed by atoms with Crippen LogP contribution in [0, 0.1) is 12.7 Å².